The predicted octanol–water partition coefficient (Wildman–Crippen LogP) is 3.49. The Morgan fingerprint density at radius 1 is 1.47 bits per heavy atom. The van der Waals surface area contributed by atoms with E-state index in [4.69, 9.17) is 0 Å². The zero-order chi connectivity index (χ0) is 12.4. The van der Waals surface area contributed by atoms with Crippen molar-refractivity contribution < 1.29 is 0 Å². The van der Waals surface area contributed by atoms with Gasteiger partial charge in [0.1, 0.15) is 0 Å². The summed E-state index contributed by atoms with van der Waals surface area (Å²) in [6.45, 7) is 4.59. The molecule has 94 valence electrons. The van der Waals surface area contributed by atoms with Gasteiger partial charge >= 0.3 is 0 Å². The van der Waals surface area contributed by atoms with E-state index in [1.807, 2.05) is 0 Å². The molecule has 0 aromatic heterocycles. The minimum absolute atomic E-state index is 0.661. The molecule has 0 spiro atoms. The Kier molecular flexibility index (Phi) is 4.72. The fourth-order valence-electron chi connectivity index (χ4n) is 2.53. The number of nitrogens with zero attached hydrogens (tertiary/aromatic N) is 1. The largest absolute Gasteiger partial charge is 0.370 e. The Labute approximate surface area is 125 Å². The molecule has 2 unspecified atom stereocenters. The van der Waals surface area contributed by atoms with Crippen LogP contribution >= 0.6 is 38.5 Å². The quantitative estimate of drug-likeness (QED) is 0.753. The average molecular weight is 409 g/mol. The van der Waals surface area contributed by atoms with E-state index in [9.17, 15) is 0 Å². The number of nitrogens with one attached hydrogen (secondary N) is 1. The lowest BCUT2D eigenvalue weighted by atomic mass is 9.93. The van der Waals surface area contributed by atoms with Crippen molar-refractivity contribution in [1.29, 1.82) is 0 Å². The normalized spacial score (nSPS) is 25.1. The summed E-state index contributed by atoms with van der Waals surface area (Å²) in [7, 11) is 2.07. The number of halogens is 2. The molecule has 0 saturated carbocycles. The van der Waals surface area contributed by atoms with Crippen LogP contribution in [0.4, 0.5) is 5.69 Å². The second-order valence-corrected chi connectivity index (χ2v) is 6.80. The van der Waals surface area contributed by atoms with E-state index in [-0.39, 0.29) is 0 Å². The van der Waals surface area contributed by atoms with E-state index < -0.39 is 0 Å². The van der Waals surface area contributed by atoms with Crippen molar-refractivity contribution in [2.24, 2.45) is 5.92 Å². The SMILES string of the molecule is CNC1CCN(c2ccc(I)cc2Br)CC1C. The van der Waals surface area contributed by atoms with Crippen LogP contribution in [0.2, 0.25) is 0 Å². The molecular weight excluding hydrogens is 391 g/mol. The zero-order valence-corrected chi connectivity index (χ0v) is 14.0. The smallest absolute Gasteiger partial charge is 0.0511 e. The Morgan fingerprint density at radius 2 is 2.24 bits per heavy atom. The molecule has 0 aliphatic carbocycles. The molecule has 2 rings (SSSR count). The lowest BCUT2D eigenvalue weighted by molar-refractivity contribution is 0.339. The zero-order valence-electron chi connectivity index (χ0n) is 10.2. The summed E-state index contributed by atoms with van der Waals surface area (Å²) in [5.74, 6) is 0.694. The molecule has 1 aliphatic heterocycles. The average Bonchev–Trinajstić information content (AvgIpc) is 2.29. The highest BCUT2D eigenvalue weighted by atomic mass is 127. The van der Waals surface area contributed by atoms with Crippen LogP contribution in [0, 0.1) is 9.49 Å². The van der Waals surface area contributed by atoms with Crippen LogP contribution in [-0.4, -0.2) is 26.2 Å². The van der Waals surface area contributed by atoms with E-state index in [0.29, 0.717) is 12.0 Å². The molecule has 1 saturated heterocycles. The summed E-state index contributed by atoms with van der Waals surface area (Å²) < 4.78 is 2.48. The summed E-state index contributed by atoms with van der Waals surface area (Å²) in [6, 6.07) is 7.24. The highest BCUT2D eigenvalue weighted by Gasteiger charge is 2.25. The summed E-state index contributed by atoms with van der Waals surface area (Å²) in [5.41, 5.74) is 1.33. The van der Waals surface area contributed by atoms with Crippen LogP contribution in [0.1, 0.15) is 13.3 Å². The first-order chi connectivity index (χ1) is 8.11. The number of benzene rings is 1. The van der Waals surface area contributed by atoms with E-state index in [1.54, 1.807) is 0 Å². The summed E-state index contributed by atoms with van der Waals surface area (Å²) in [4.78, 5) is 2.48. The van der Waals surface area contributed by atoms with Gasteiger partial charge in [-0.3, -0.25) is 0 Å². The first-order valence-electron chi connectivity index (χ1n) is 5.99. The predicted molar refractivity (Wildman–Crippen MR) is 85.7 cm³/mol. The van der Waals surface area contributed by atoms with Crippen molar-refractivity contribution in [3.63, 3.8) is 0 Å². The topological polar surface area (TPSA) is 15.3 Å². The molecule has 2 atom stereocenters. The first-order valence-corrected chi connectivity index (χ1v) is 7.86. The van der Waals surface area contributed by atoms with Crippen molar-refractivity contribution in [2.45, 2.75) is 19.4 Å². The fourth-order valence-corrected chi connectivity index (χ4v) is 4.08. The third-order valence-corrected chi connectivity index (χ3v) is 4.83. The van der Waals surface area contributed by atoms with Gasteiger partial charge in [-0.2, -0.15) is 0 Å². The second kappa shape index (κ2) is 5.89. The van der Waals surface area contributed by atoms with Crippen LogP contribution in [0.5, 0.6) is 0 Å². The number of anilines is 1. The van der Waals surface area contributed by atoms with Gasteiger partial charge in [0.05, 0.1) is 5.69 Å². The summed E-state index contributed by atoms with van der Waals surface area (Å²) >= 11 is 6.02. The van der Waals surface area contributed by atoms with Crippen molar-refractivity contribution in [3.05, 3.63) is 26.2 Å². The minimum atomic E-state index is 0.661. The van der Waals surface area contributed by atoms with Crippen LogP contribution in [0.25, 0.3) is 0 Å². The van der Waals surface area contributed by atoms with Gasteiger partial charge in [-0.15, -0.1) is 0 Å². The molecular formula is C13H18BrIN2. The molecule has 2 nitrogen and oxygen atoms in total. The standard InChI is InChI=1S/C13H18BrIN2/c1-9-8-17(6-5-12(9)16-2)13-4-3-10(15)7-11(13)14/h3-4,7,9,12,16H,5-6,8H2,1-2H3. The van der Waals surface area contributed by atoms with Crippen LogP contribution in [-0.2, 0) is 0 Å². The molecule has 0 amide bonds. The van der Waals surface area contributed by atoms with Crippen LogP contribution < -0.4 is 10.2 Å². The Bertz CT molecular complexity index is 397. The fraction of sp³-hybridized carbons (Fsp3) is 0.538. The number of piperidine rings is 1. The number of hydrogen-bond acceptors (Lipinski definition) is 2. The van der Waals surface area contributed by atoms with Gasteiger partial charge in [0.2, 0.25) is 0 Å². The van der Waals surface area contributed by atoms with E-state index in [1.165, 1.54) is 20.2 Å². The maximum Gasteiger partial charge on any atom is 0.0511 e. The van der Waals surface area contributed by atoms with Gasteiger partial charge in [-0.05, 0) is 76.1 Å². The van der Waals surface area contributed by atoms with Gasteiger partial charge in [-0.1, -0.05) is 6.92 Å². The van der Waals surface area contributed by atoms with Gasteiger partial charge < -0.3 is 10.2 Å². The number of rotatable bonds is 2. The molecule has 1 aliphatic rings. The molecule has 17 heavy (non-hydrogen) atoms. The van der Waals surface area contributed by atoms with Crippen molar-refractivity contribution in [2.75, 3.05) is 25.0 Å². The molecule has 1 N–H and O–H groups in total. The van der Waals surface area contributed by atoms with Crippen molar-refractivity contribution in [3.8, 4) is 0 Å². The molecule has 0 bridgehead atoms. The maximum absolute atomic E-state index is 3.67. The summed E-state index contributed by atoms with van der Waals surface area (Å²) in [6.07, 6.45) is 1.22. The Morgan fingerprint density at radius 3 is 2.82 bits per heavy atom. The van der Waals surface area contributed by atoms with Crippen molar-refractivity contribution >= 4 is 44.2 Å². The lowest BCUT2D eigenvalue weighted by Crippen LogP contribution is -2.47. The molecule has 1 fully saturated rings. The van der Waals surface area contributed by atoms with Gasteiger partial charge in [0.25, 0.3) is 0 Å². The van der Waals surface area contributed by atoms with E-state index in [0.717, 1.165) is 13.1 Å². The molecule has 1 aromatic carbocycles. The lowest BCUT2D eigenvalue weighted by Gasteiger charge is -2.38. The highest BCUT2D eigenvalue weighted by Crippen LogP contribution is 2.31. The Balaban J connectivity index is 2.14. The van der Waals surface area contributed by atoms with Crippen LogP contribution in [0.15, 0.2) is 22.7 Å². The van der Waals surface area contributed by atoms with Gasteiger partial charge in [-0.25, -0.2) is 0 Å². The van der Waals surface area contributed by atoms with Crippen molar-refractivity contribution in [1.82, 2.24) is 5.32 Å². The Hall–Kier alpha value is 0.190. The minimum Gasteiger partial charge on any atom is -0.370 e. The van der Waals surface area contributed by atoms with E-state index >= 15 is 0 Å². The molecule has 1 heterocycles. The highest BCUT2D eigenvalue weighted by molar-refractivity contribution is 14.1. The third kappa shape index (κ3) is 3.15. The molecule has 4 heteroatoms. The molecule has 1 aromatic rings. The van der Waals surface area contributed by atoms with E-state index in [2.05, 4.69) is 80.9 Å². The van der Waals surface area contributed by atoms with Gasteiger partial charge in [0, 0.05) is 27.2 Å². The monoisotopic (exact) mass is 408 g/mol. The summed E-state index contributed by atoms with van der Waals surface area (Å²) in [5, 5.41) is 3.41. The van der Waals surface area contributed by atoms with Crippen LogP contribution in [0.3, 0.4) is 0 Å². The molecule has 0 radical (unpaired) electrons. The second-order valence-electron chi connectivity index (χ2n) is 4.70. The maximum atomic E-state index is 3.67. The van der Waals surface area contributed by atoms with Gasteiger partial charge in [0.15, 0.2) is 0 Å². The number of hydrogen-bond donors (Lipinski definition) is 1. The first kappa shape index (κ1) is 13.6. The third-order valence-electron chi connectivity index (χ3n) is 3.53.